The molecule has 0 aliphatic carbocycles. The van der Waals surface area contributed by atoms with Gasteiger partial charge in [0.05, 0.1) is 11.1 Å². The van der Waals surface area contributed by atoms with Gasteiger partial charge in [-0.25, -0.2) is 0 Å². The van der Waals surface area contributed by atoms with E-state index in [9.17, 15) is 0 Å². The topological polar surface area (TPSA) is 21.3 Å². The van der Waals surface area contributed by atoms with E-state index in [-0.39, 0.29) is 0 Å². The van der Waals surface area contributed by atoms with Crippen molar-refractivity contribution in [3.05, 3.63) is 28.2 Å². The molecule has 0 fully saturated rings. The third-order valence-corrected chi connectivity index (χ3v) is 4.09. The van der Waals surface area contributed by atoms with Crippen molar-refractivity contribution in [2.45, 2.75) is 32.6 Å². The Labute approximate surface area is 123 Å². The summed E-state index contributed by atoms with van der Waals surface area (Å²) in [4.78, 5) is 0. The summed E-state index contributed by atoms with van der Waals surface area (Å²) in [5.41, 5.74) is 1.21. The van der Waals surface area contributed by atoms with Crippen molar-refractivity contribution < 1.29 is 4.74 Å². The lowest BCUT2D eigenvalue weighted by atomic mass is 10.2. The smallest absolute Gasteiger partial charge is 0.137 e. The number of nitrogens with one attached hydrogen (secondary N) is 1. The molecule has 0 atom stereocenters. The van der Waals surface area contributed by atoms with Crippen LogP contribution in [0, 0.1) is 0 Å². The third-order valence-electron chi connectivity index (χ3n) is 2.39. The van der Waals surface area contributed by atoms with Crippen LogP contribution in [0.4, 0.5) is 0 Å². The fraction of sp³-hybridized carbons (Fsp3) is 0.571. The first-order valence-corrected chi connectivity index (χ1v) is 8.21. The summed E-state index contributed by atoms with van der Waals surface area (Å²) in [7, 11) is 0. The molecule has 0 aromatic heterocycles. The average Bonchev–Trinajstić information content (AvgIpc) is 2.33. The Morgan fingerprint density at radius 3 is 2.83 bits per heavy atom. The molecule has 0 saturated heterocycles. The van der Waals surface area contributed by atoms with Crippen LogP contribution in [0.2, 0.25) is 0 Å². The van der Waals surface area contributed by atoms with E-state index in [0.29, 0.717) is 5.25 Å². The molecule has 0 bridgehead atoms. The summed E-state index contributed by atoms with van der Waals surface area (Å²) >= 11 is 5.48. The molecular formula is C14H22BrNOS. The molecular weight excluding hydrogens is 310 g/mol. The Hall–Kier alpha value is -0.190. The summed E-state index contributed by atoms with van der Waals surface area (Å²) in [5, 5.41) is 4.00. The molecule has 0 saturated carbocycles. The normalized spacial score (nSPS) is 10.9. The van der Waals surface area contributed by atoms with Crippen LogP contribution in [-0.4, -0.2) is 24.2 Å². The summed E-state index contributed by atoms with van der Waals surface area (Å²) in [6.45, 7) is 9.10. The Morgan fingerprint density at radius 2 is 2.17 bits per heavy atom. The number of hydrogen-bond donors (Lipinski definition) is 1. The Bertz CT molecular complexity index is 358. The largest absolute Gasteiger partial charge is 0.491 e. The summed E-state index contributed by atoms with van der Waals surface area (Å²) in [5.74, 6) is 2.00. The second-order valence-electron chi connectivity index (χ2n) is 4.28. The highest BCUT2D eigenvalue weighted by Crippen LogP contribution is 2.29. The van der Waals surface area contributed by atoms with E-state index in [1.54, 1.807) is 0 Å². The van der Waals surface area contributed by atoms with Crippen LogP contribution >= 0.6 is 27.7 Å². The van der Waals surface area contributed by atoms with Crippen molar-refractivity contribution in [1.82, 2.24) is 5.32 Å². The molecule has 1 rings (SSSR count). The van der Waals surface area contributed by atoms with Crippen LogP contribution in [0.5, 0.6) is 5.75 Å². The minimum absolute atomic E-state index is 0.661. The third kappa shape index (κ3) is 5.63. The second-order valence-corrected chi connectivity index (χ2v) is 6.82. The Morgan fingerprint density at radius 1 is 1.39 bits per heavy atom. The molecule has 0 amide bonds. The number of rotatable bonds is 8. The van der Waals surface area contributed by atoms with Gasteiger partial charge in [0.25, 0.3) is 0 Å². The van der Waals surface area contributed by atoms with Crippen molar-refractivity contribution in [2.75, 3.05) is 18.9 Å². The SMILES string of the molecule is CCNCc1cccc(Br)c1OCCSC(C)C. The number of hydrogen-bond acceptors (Lipinski definition) is 3. The van der Waals surface area contributed by atoms with Crippen LogP contribution in [-0.2, 0) is 6.54 Å². The van der Waals surface area contributed by atoms with Crippen molar-refractivity contribution in [3.63, 3.8) is 0 Å². The maximum absolute atomic E-state index is 5.91. The molecule has 0 unspecified atom stereocenters. The lowest BCUT2D eigenvalue weighted by Crippen LogP contribution is -2.13. The molecule has 0 aliphatic rings. The molecule has 1 N–H and O–H groups in total. The monoisotopic (exact) mass is 331 g/mol. The van der Waals surface area contributed by atoms with Gasteiger partial charge in [0.2, 0.25) is 0 Å². The van der Waals surface area contributed by atoms with Crippen LogP contribution in [0.15, 0.2) is 22.7 Å². The molecule has 2 nitrogen and oxygen atoms in total. The summed E-state index contributed by atoms with van der Waals surface area (Å²) in [6, 6.07) is 6.19. The van der Waals surface area contributed by atoms with E-state index >= 15 is 0 Å². The summed E-state index contributed by atoms with van der Waals surface area (Å²) < 4.78 is 6.94. The number of para-hydroxylation sites is 1. The quantitative estimate of drug-likeness (QED) is 0.725. The molecule has 0 aliphatic heterocycles. The van der Waals surface area contributed by atoms with Gasteiger partial charge >= 0.3 is 0 Å². The summed E-state index contributed by atoms with van der Waals surface area (Å²) in [6.07, 6.45) is 0. The van der Waals surface area contributed by atoms with E-state index in [0.717, 1.165) is 35.7 Å². The standard InChI is InChI=1S/C14H22BrNOS/c1-4-16-10-12-6-5-7-13(15)14(12)17-8-9-18-11(2)3/h5-7,11,16H,4,8-10H2,1-3H3. The minimum atomic E-state index is 0.661. The highest BCUT2D eigenvalue weighted by atomic mass is 79.9. The first kappa shape index (κ1) is 15.9. The maximum atomic E-state index is 5.91. The van der Waals surface area contributed by atoms with Gasteiger partial charge < -0.3 is 10.1 Å². The molecule has 4 heteroatoms. The van der Waals surface area contributed by atoms with E-state index < -0.39 is 0 Å². The molecule has 0 heterocycles. The fourth-order valence-electron chi connectivity index (χ4n) is 1.54. The molecule has 0 spiro atoms. The van der Waals surface area contributed by atoms with Crippen molar-refractivity contribution in [3.8, 4) is 5.75 Å². The maximum Gasteiger partial charge on any atom is 0.137 e. The van der Waals surface area contributed by atoms with Gasteiger partial charge in [0, 0.05) is 17.9 Å². The van der Waals surface area contributed by atoms with Crippen LogP contribution < -0.4 is 10.1 Å². The number of halogens is 1. The minimum Gasteiger partial charge on any atom is -0.491 e. The lowest BCUT2D eigenvalue weighted by molar-refractivity contribution is 0.337. The molecule has 1 aromatic rings. The highest BCUT2D eigenvalue weighted by molar-refractivity contribution is 9.10. The Balaban J connectivity index is 2.56. The van der Waals surface area contributed by atoms with Gasteiger partial charge in [-0.05, 0) is 33.8 Å². The number of thioether (sulfide) groups is 1. The second kappa shape index (κ2) is 8.83. The fourth-order valence-corrected chi connectivity index (χ4v) is 2.71. The molecule has 18 heavy (non-hydrogen) atoms. The number of benzene rings is 1. The Kier molecular flexibility index (Phi) is 7.79. The molecule has 102 valence electrons. The predicted molar refractivity (Wildman–Crippen MR) is 84.6 cm³/mol. The van der Waals surface area contributed by atoms with Gasteiger partial charge in [0.15, 0.2) is 0 Å². The molecule has 0 radical (unpaired) electrons. The van der Waals surface area contributed by atoms with Gasteiger partial charge in [-0.3, -0.25) is 0 Å². The van der Waals surface area contributed by atoms with Crippen LogP contribution in [0.1, 0.15) is 26.3 Å². The van der Waals surface area contributed by atoms with E-state index in [1.807, 2.05) is 23.9 Å². The predicted octanol–water partition coefficient (Wildman–Crippen LogP) is 4.08. The van der Waals surface area contributed by atoms with Crippen molar-refractivity contribution in [1.29, 1.82) is 0 Å². The van der Waals surface area contributed by atoms with E-state index in [2.05, 4.69) is 48.1 Å². The zero-order valence-corrected chi connectivity index (χ0v) is 13.7. The first-order chi connectivity index (χ1) is 8.65. The average molecular weight is 332 g/mol. The van der Waals surface area contributed by atoms with Crippen LogP contribution in [0.25, 0.3) is 0 Å². The molecule has 1 aromatic carbocycles. The zero-order chi connectivity index (χ0) is 13.4. The van der Waals surface area contributed by atoms with E-state index in [4.69, 9.17) is 4.74 Å². The van der Waals surface area contributed by atoms with E-state index in [1.165, 1.54) is 5.56 Å². The van der Waals surface area contributed by atoms with Crippen molar-refractivity contribution >= 4 is 27.7 Å². The van der Waals surface area contributed by atoms with Gasteiger partial charge in [-0.15, -0.1) is 0 Å². The highest BCUT2D eigenvalue weighted by Gasteiger charge is 2.07. The van der Waals surface area contributed by atoms with Crippen molar-refractivity contribution in [2.24, 2.45) is 0 Å². The first-order valence-electron chi connectivity index (χ1n) is 6.37. The number of ether oxygens (including phenoxy) is 1. The van der Waals surface area contributed by atoms with Gasteiger partial charge in [0.1, 0.15) is 5.75 Å². The lowest BCUT2D eigenvalue weighted by Gasteiger charge is -2.14. The zero-order valence-electron chi connectivity index (χ0n) is 11.3. The van der Waals surface area contributed by atoms with Gasteiger partial charge in [-0.2, -0.15) is 11.8 Å². The van der Waals surface area contributed by atoms with Gasteiger partial charge in [-0.1, -0.05) is 32.9 Å². The van der Waals surface area contributed by atoms with Crippen LogP contribution in [0.3, 0.4) is 0 Å².